The average Bonchev–Trinajstić information content (AvgIpc) is 2.78. The van der Waals surface area contributed by atoms with Crippen molar-refractivity contribution < 1.29 is 9.13 Å². The van der Waals surface area contributed by atoms with Crippen molar-refractivity contribution in [3.8, 4) is 5.75 Å². The Morgan fingerprint density at radius 3 is 2.31 bits per heavy atom. The fourth-order valence-electron chi connectivity index (χ4n) is 5.93. The van der Waals surface area contributed by atoms with Gasteiger partial charge in [-0.25, -0.2) is 4.39 Å². The topological polar surface area (TPSA) is 9.23 Å². The smallest absolute Gasteiger partial charge is 0.172 e. The van der Waals surface area contributed by atoms with E-state index in [1.54, 1.807) is 6.07 Å². The maximum atomic E-state index is 14.5. The second-order valence-corrected chi connectivity index (χ2v) is 9.32. The molecule has 0 heterocycles. The van der Waals surface area contributed by atoms with Crippen LogP contribution in [0.15, 0.2) is 43.0 Å². The van der Waals surface area contributed by atoms with Gasteiger partial charge in [-0.05, 0) is 92.1 Å². The lowest BCUT2D eigenvalue weighted by molar-refractivity contribution is 0.157. The SMILES string of the molecule is C=CCCC1CCC(C2CCC(c3ccc4c(F)c(OC)ccc4c3)CC2)CC1. The van der Waals surface area contributed by atoms with Gasteiger partial charge in [-0.15, -0.1) is 6.58 Å². The predicted octanol–water partition coefficient (Wildman–Crippen LogP) is 8.03. The number of methoxy groups -OCH3 is 1. The standard InChI is InChI=1S/C27H35FO/c1-3-4-5-19-6-8-20(9-7-19)21-10-12-22(13-11-21)23-14-16-25-24(18-23)15-17-26(29-2)27(25)28/h3,14-22H,1,4-13H2,2H3. The Balaban J connectivity index is 1.34. The molecule has 0 aromatic heterocycles. The lowest BCUT2D eigenvalue weighted by Crippen LogP contribution is -2.25. The first-order valence-corrected chi connectivity index (χ1v) is 11.6. The first-order valence-electron chi connectivity index (χ1n) is 11.6. The van der Waals surface area contributed by atoms with Crippen LogP contribution in [0.3, 0.4) is 0 Å². The number of rotatable bonds is 6. The maximum Gasteiger partial charge on any atom is 0.172 e. The summed E-state index contributed by atoms with van der Waals surface area (Å²) in [5.41, 5.74) is 1.38. The zero-order valence-corrected chi connectivity index (χ0v) is 17.8. The molecule has 0 aliphatic heterocycles. The molecule has 156 valence electrons. The van der Waals surface area contributed by atoms with Crippen molar-refractivity contribution in [2.24, 2.45) is 17.8 Å². The number of fused-ring (bicyclic) bond motifs is 1. The molecule has 0 spiro atoms. The average molecular weight is 395 g/mol. The molecule has 0 amide bonds. The van der Waals surface area contributed by atoms with Gasteiger partial charge >= 0.3 is 0 Å². The molecule has 29 heavy (non-hydrogen) atoms. The summed E-state index contributed by atoms with van der Waals surface area (Å²) in [6, 6.07) is 10.0. The monoisotopic (exact) mass is 394 g/mol. The molecule has 0 bridgehead atoms. The second-order valence-electron chi connectivity index (χ2n) is 9.32. The summed E-state index contributed by atoms with van der Waals surface area (Å²) in [7, 11) is 1.52. The molecule has 1 nitrogen and oxygen atoms in total. The molecule has 2 aliphatic carbocycles. The Labute approximate surface area is 175 Å². The molecule has 2 saturated carbocycles. The van der Waals surface area contributed by atoms with Gasteiger partial charge in [0.05, 0.1) is 7.11 Å². The number of hydrogen-bond donors (Lipinski definition) is 0. The maximum absolute atomic E-state index is 14.5. The Morgan fingerprint density at radius 2 is 1.66 bits per heavy atom. The molecule has 4 rings (SSSR count). The van der Waals surface area contributed by atoms with E-state index in [9.17, 15) is 4.39 Å². The van der Waals surface area contributed by atoms with Gasteiger partial charge in [0.2, 0.25) is 0 Å². The summed E-state index contributed by atoms with van der Waals surface area (Å²) in [6.45, 7) is 3.87. The predicted molar refractivity (Wildman–Crippen MR) is 120 cm³/mol. The van der Waals surface area contributed by atoms with Gasteiger partial charge in [0, 0.05) is 5.39 Å². The molecule has 0 unspecified atom stereocenters. The normalized spacial score (nSPS) is 27.7. The summed E-state index contributed by atoms with van der Waals surface area (Å²) < 4.78 is 19.6. The quantitative estimate of drug-likeness (QED) is 0.450. The molecular formula is C27H35FO. The van der Waals surface area contributed by atoms with Crippen LogP contribution < -0.4 is 4.74 Å². The summed E-state index contributed by atoms with van der Waals surface area (Å²) in [5, 5.41) is 1.65. The summed E-state index contributed by atoms with van der Waals surface area (Å²) in [4.78, 5) is 0. The highest BCUT2D eigenvalue weighted by Gasteiger charge is 2.31. The third-order valence-corrected chi connectivity index (χ3v) is 7.74. The molecule has 0 saturated heterocycles. The van der Waals surface area contributed by atoms with Gasteiger partial charge in [-0.2, -0.15) is 0 Å². The Kier molecular flexibility index (Phi) is 6.57. The van der Waals surface area contributed by atoms with Crippen LogP contribution in [0, 0.1) is 23.6 Å². The van der Waals surface area contributed by atoms with E-state index in [0.717, 1.165) is 23.1 Å². The first-order chi connectivity index (χ1) is 14.2. The largest absolute Gasteiger partial charge is 0.494 e. The van der Waals surface area contributed by atoms with E-state index in [-0.39, 0.29) is 5.82 Å². The minimum absolute atomic E-state index is 0.246. The molecule has 0 radical (unpaired) electrons. The fraction of sp³-hybridized carbons (Fsp3) is 0.556. The van der Waals surface area contributed by atoms with Crippen LogP contribution in [-0.2, 0) is 0 Å². The van der Waals surface area contributed by atoms with Crippen molar-refractivity contribution in [1.82, 2.24) is 0 Å². The van der Waals surface area contributed by atoms with E-state index in [4.69, 9.17) is 4.74 Å². The molecule has 2 heteroatoms. The first kappa shape index (κ1) is 20.4. The molecule has 0 N–H and O–H groups in total. The van der Waals surface area contributed by atoms with Crippen LogP contribution >= 0.6 is 0 Å². The van der Waals surface area contributed by atoms with Crippen molar-refractivity contribution in [3.05, 3.63) is 54.4 Å². The van der Waals surface area contributed by atoms with Gasteiger partial charge < -0.3 is 4.74 Å². The van der Waals surface area contributed by atoms with Crippen LogP contribution in [0.25, 0.3) is 10.8 Å². The molecule has 2 aromatic rings. The van der Waals surface area contributed by atoms with Crippen LogP contribution in [0.1, 0.15) is 75.7 Å². The van der Waals surface area contributed by atoms with Gasteiger partial charge in [-0.3, -0.25) is 0 Å². The van der Waals surface area contributed by atoms with Crippen LogP contribution in [0.5, 0.6) is 5.75 Å². The zero-order chi connectivity index (χ0) is 20.2. The summed E-state index contributed by atoms with van der Waals surface area (Å²) in [6.07, 6.45) is 15.6. The van der Waals surface area contributed by atoms with E-state index in [2.05, 4.69) is 24.8 Å². The van der Waals surface area contributed by atoms with Crippen molar-refractivity contribution in [2.45, 2.75) is 70.1 Å². The Hall–Kier alpha value is -1.83. The van der Waals surface area contributed by atoms with Crippen molar-refractivity contribution >= 4 is 10.8 Å². The molecule has 2 aliphatic rings. The van der Waals surface area contributed by atoms with E-state index >= 15 is 0 Å². The highest BCUT2D eigenvalue weighted by molar-refractivity contribution is 5.85. The van der Waals surface area contributed by atoms with Gasteiger partial charge in [0.15, 0.2) is 11.6 Å². The molecular weight excluding hydrogens is 359 g/mol. The summed E-state index contributed by atoms with van der Waals surface area (Å²) >= 11 is 0. The number of benzene rings is 2. The second kappa shape index (κ2) is 9.32. The van der Waals surface area contributed by atoms with E-state index < -0.39 is 0 Å². The number of hydrogen-bond acceptors (Lipinski definition) is 1. The van der Waals surface area contributed by atoms with Crippen LogP contribution in [0.4, 0.5) is 4.39 Å². The minimum Gasteiger partial charge on any atom is -0.494 e. The zero-order valence-electron chi connectivity index (χ0n) is 17.8. The van der Waals surface area contributed by atoms with E-state index in [1.807, 2.05) is 12.1 Å². The van der Waals surface area contributed by atoms with E-state index in [0.29, 0.717) is 17.1 Å². The fourth-order valence-corrected chi connectivity index (χ4v) is 5.93. The van der Waals surface area contributed by atoms with Crippen LogP contribution in [-0.4, -0.2) is 7.11 Å². The Morgan fingerprint density at radius 1 is 0.966 bits per heavy atom. The van der Waals surface area contributed by atoms with Crippen molar-refractivity contribution in [2.75, 3.05) is 7.11 Å². The Bertz CT molecular complexity index is 826. The van der Waals surface area contributed by atoms with Gasteiger partial charge in [0.25, 0.3) is 0 Å². The lowest BCUT2D eigenvalue weighted by Gasteiger charge is -2.38. The molecule has 2 fully saturated rings. The highest BCUT2D eigenvalue weighted by atomic mass is 19.1. The number of allylic oxidation sites excluding steroid dienone is 1. The van der Waals surface area contributed by atoms with E-state index in [1.165, 1.54) is 76.9 Å². The number of ether oxygens (including phenoxy) is 1. The summed E-state index contributed by atoms with van der Waals surface area (Å²) in [5.74, 6) is 3.53. The van der Waals surface area contributed by atoms with Gasteiger partial charge in [0.1, 0.15) is 0 Å². The third-order valence-electron chi connectivity index (χ3n) is 7.74. The molecule has 0 atom stereocenters. The van der Waals surface area contributed by atoms with Crippen LogP contribution in [0.2, 0.25) is 0 Å². The van der Waals surface area contributed by atoms with Gasteiger partial charge in [-0.1, -0.05) is 43.2 Å². The third kappa shape index (κ3) is 4.52. The minimum atomic E-state index is -0.246. The van der Waals surface area contributed by atoms with Crippen molar-refractivity contribution in [3.63, 3.8) is 0 Å². The highest BCUT2D eigenvalue weighted by Crippen LogP contribution is 2.45. The van der Waals surface area contributed by atoms with Crippen molar-refractivity contribution in [1.29, 1.82) is 0 Å². The number of halogens is 1. The lowest BCUT2D eigenvalue weighted by atomic mass is 9.68. The molecule has 2 aromatic carbocycles.